The lowest BCUT2D eigenvalue weighted by Gasteiger charge is -2.20. The first-order valence-electron chi connectivity index (χ1n) is 11.1. The maximum absolute atomic E-state index is 13.5. The fourth-order valence-corrected chi connectivity index (χ4v) is 5.07. The smallest absolute Gasteiger partial charge is 0.416 e. The van der Waals surface area contributed by atoms with Crippen LogP contribution in [0.2, 0.25) is 0 Å². The molecule has 0 spiro atoms. The molecule has 0 radical (unpaired) electrons. The van der Waals surface area contributed by atoms with Crippen LogP contribution in [0, 0.1) is 3.57 Å². The molecule has 1 aliphatic rings. The van der Waals surface area contributed by atoms with Gasteiger partial charge in [-0.25, -0.2) is 0 Å². The summed E-state index contributed by atoms with van der Waals surface area (Å²) in [6.07, 6.45) is -4.53. The topological polar surface area (TPSA) is 152 Å². The zero-order valence-corrected chi connectivity index (χ0v) is 23.2. The number of carboxylic acids is 1. The van der Waals surface area contributed by atoms with Gasteiger partial charge >= 0.3 is 12.1 Å². The Balaban J connectivity index is 1.74. The summed E-state index contributed by atoms with van der Waals surface area (Å²) in [6, 6.07) is 4.63. The number of halogens is 5. The molecular weight excluding hydrogens is 690 g/mol. The Morgan fingerprint density at radius 1 is 1.18 bits per heavy atom. The van der Waals surface area contributed by atoms with Crippen LogP contribution in [0.4, 0.5) is 18.9 Å². The van der Waals surface area contributed by atoms with E-state index in [1.807, 2.05) is 22.6 Å². The van der Waals surface area contributed by atoms with Crippen LogP contribution in [0.3, 0.4) is 0 Å². The summed E-state index contributed by atoms with van der Waals surface area (Å²) in [5.41, 5.74) is -1.31. The SMILES string of the molecule is O=C(O)CC(NC(=O)CNC(=O)c1cc(NC2=NCCCN2)cc(C(F)(F)F)c1)c1cc(I)cc(Br)c1O. The van der Waals surface area contributed by atoms with Crippen molar-refractivity contribution in [2.75, 3.05) is 25.0 Å². The van der Waals surface area contributed by atoms with Gasteiger partial charge in [-0.2, -0.15) is 13.2 Å². The summed E-state index contributed by atoms with van der Waals surface area (Å²) in [6.45, 7) is 0.428. The van der Waals surface area contributed by atoms with Gasteiger partial charge in [0.15, 0.2) is 5.96 Å². The molecule has 2 aromatic rings. The Hall–Kier alpha value is -3.08. The van der Waals surface area contributed by atoms with Gasteiger partial charge in [0, 0.05) is 33.5 Å². The van der Waals surface area contributed by atoms with E-state index in [4.69, 9.17) is 0 Å². The number of phenolic OH excluding ortho intramolecular Hbond substituents is 1. The number of carboxylic acid groups (broad SMARTS) is 1. The second-order valence-electron chi connectivity index (χ2n) is 8.16. The fraction of sp³-hybridized carbons (Fsp3) is 0.304. The summed E-state index contributed by atoms with van der Waals surface area (Å²) in [7, 11) is 0. The zero-order valence-electron chi connectivity index (χ0n) is 19.5. The van der Waals surface area contributed by atoms with Crippen LogP contribution < -0.4 is 21.3 Å². The summed E-state index contributed by atoms with van der Waals surface area (Å²) in [4.78, 5) is 40.7. The van der Waals surface area contributed by atoms with Crippen LogP contribution >= 0.6 is 38.5 Å². The highest BCUT2D eigenvalue weighted by Crippen LogP contribution is 2.35. The van der Waals surface area contributed by atoms with E-state index in [9.17, 15) is 37.8 Å². The van der Waals surface area contributed by atoms with Crippen LogP contribution in [0.15, 0.2) is 39.8 Å². The highest BCUT2D eigenvalue weighted by atomic mass is 127. The Kier molecular flexibility index (Phi) is 9.81. The number of carbonyl (C=O) groups excluding carboxylic acids is 2. The normalized spacial score (nSPS) is 14.1. The Bertz CT molecular complexity index is 1270. The zero-order chi connectivity index (χ0) is 28.0. The molecule has 204 valence electrons. The van der Waals surface area contributed by atoms with E-state index in [0.717, 1.165) is 12.5 Å². The molecule has 0 fully saturated rings. The number of hydrogen-bond acceptors (Lipinski definition) is 7. The summed E-state index contributed by atoms with van der Waals surface area (Å²) in [5, 5.41) is 29.9. The van der Waals surface area contributed by atoms with Crippen molar-refractivity contribution < 1.29 is 37.8 Å². The largest absolute Gasteiger partial charge is 0.506 e. The van der Waals surface area contributed by atoms with Crippen LogP contribution in [-0.4, -0.2) is 53.6 Å². The van der Waals surface area contributed by atoms with Crippen molar-refractivity contribution in [3.8, 4) is 5.75 Å². The van der Waals surface area contributed by atoms with E-state index in [2.05, 4.69) is 42.2 Å². The number of amides is 2. The van der Waals surface area contributed by atoms with Crippen molar-refractivity contribution >= 4 is 68.0 Å². The van der Waals surface area contributed by atoms with Gasteiger partial charge in [0.1, 0.15) is 5.75 Å². The van der Waals surface area contributed by atoms with Crippen molar-refractivity contribution in [2.45, 2.75) is 25.1 Å². The number of aliphatic carboxylic acids is 1. The lowest BCUT2D eigenvalue weighted by atomic mass is 10.0. The lowest BCUT2D eigenvalue weighted by molar-refractivity contribution is -0.138. The minimum Gasteiger partial charge on any atom is -0.506 e. The average Bonchev–Trinajstić information content (AvgIpc) is 2.84. The Labute approximate surface area is 236 Å². The second-order valence-corrected chi connectivity index (χ2v) is 10.3. The minimum absolute atomic E-state index is 0.0242. The summed E-state index contributed by atoms with van der Waals surface area (Å²) in [5.74, 6) is -3.01. The van der Waals surface area contributed by atoms with E-state index < -0.39 is 48.5 Å². The van der Waals surface area contributed by atoms with Crippen LogP contribution in [0.5, 0.6) is 5.75 Å². The molecule has 1 unspecified atom stereocenters. The molecule has 2 aromatic carbocycles. The monoisotopic (exact) mass is 711 g/mol. The van der Waals surface area contributed by atoms with Gasteiger partial charge in [-0.15, -0.1) is 0 Å². The van der Waals surface area contributed by atoms with Crippen molar-refractivity contribution in [3.05, 3.63) is 55.1 Å². The van der Waals surface area contributed by atoms with Gasteiger partial charge < -0.3 is 31.5 Å². The number of carbonyl (C=O) groups is 3. The first-order chi connectivity index (χ1) is 17.8. The highest BCUT2D eigenvalue weighted by Gasteiger charge is 2.32. The number of aliphatic imine (C=N–C) groups is 1. The van der Waals surface area contributed by atoms with Crippen LogP contribution in [0.1, 0.15) is 40.4 Å². The first kappa shape index (κ1) is 29.5. The summed E-state index contributed by atoms with van der Waals surface area (Å²) >= 11 is 5.11. The van der Waals surface area contributed by atoms with Crippen molar-refractivity contribution in [3.63, 3.8) is 0 Å². The molecule has 0 aliphatic carbocycles. The molecule has 38 heavy (non-hydrogen) atoms. The number of benzene rings is 2. The number of anilines is 1. The van der Waals surface area contributed by atoms with Gasteiger partial charge in [-0.3, -0.25) is 19.4 Å². The average molecular weight is 712 g/mol. The molecule has 0 saturated heterocycles. The van der Waals surface area contributed by atoms with Gasteiger partial charge in [-0.1, -0.05) is 0 Å². The van der Waals surface area contributed by atoms with Gasteiger partial charge in [0.05, 0.1) is 29.0 Å². The number of nitrogens with one attached hydrogen (secondary N) is 4. The third kappa shape index (κ3) is 8.21. The number of rotatable bonds is 8. The molecule has 1 heterocycles. The molecule has 0 saturated carbocycles. The lowest BCUT2D eigenvalue weighted by Crippen LogP contribution is -2.39. The third-order valence-corrected chi connectivity index (χ3v) is 6.47. The van der Waals surface area contributed by atoms with E-state index >= 15 is 0 Å². The van der Waals surface area contributed by atoms with Gasteiger partial charge in [0.2, 0.25) is 5.91 Å². The second kappa shape index (κ2) is 12.6. The number of hydrogen-bond donors (Lipinski definition) is 6. The van der Waals surface area contributed by atoms with Gasteiger partial charge in [-0.05, 0) is 75.3 Å². The molecule has 10 nitrogen and oxygen atoms in total. The maximum Gasteiger partial charge on any atom is 0.416 e. The molecule has 0 bridgehead atoms. The van der Waals surface area contributed by atoms with Crippen molar-refractivity contribution in [1.29, 1.82) is 0 Å². The molecule has 1 aliphatic heterocycles. The Morgan fingerprint density at radius 2 is 1.92 bits per heavy atom. The molecule has 6 N–H and O–H groups in total. The highest BCUT2D eigenvalue weighted by molar-refractivity contribution is 14.1. The molecule has 1 atom stereocenters. The maximum atomic E-state index is 13.5. The predicted molar refractivity (Wildman–Crippen MR) is 144 cm³/mol. The number of guanidine groups is 1. The van der Waals surface area contributed by atoms with Crippen LogP contribution in [-0.2, 0) is 15.8 Å². The van der Waals surface area contributed by atoms with E-state index in [1.54, 1.807) is 6.07 Å². The molecule has 15 heteroatoms. The summed E-state index contributed by atoms with van der Waals surface area (Å²) < 4.78 is 41.3. The van der Waals surface area contributed by atoms with E-state index in [0.29, 0.717) is 27.2 Å². The van der Waals surface area contributed by atoms with Gasteiger partial charge in [0.25, 0.3) is 5.91 Å². The molecular formula is C23H22BrF3IN5O5. The quantitative estimate of drug-likeness (QED) is 0.229. The molecule has 0 aromatic heterocycles. The first-order valence-corrected chi connectivity index (χ1v) is 13.0. The number of alkyl halides is 3. The standard InChI is InChI=1S/C23H22BrF3IN5O5/c24-16-8-13(28)7-15(20(16)37)17(9-19(35)36)33-18(34)10-31-21(38)11-4-12(23(25,26)27)6-14(5-11)32-22-29-2-1-3-30-22/h4-8,17,37H,1-3,9-10H2,(H,31,38)(H,33,34)(H,35,36)(H2,29,30,32). The van der Waals surface area contributed by atoms with Crippen molar-refractivity contribution in [1.82, 2.24) is 16.0 Å². The van der Waals surface area contributed by atoms with Crippen molar-refractivity contribution in [2.24, 2.45) is 4.99 Å². The Morgan fingerprint density at radius 3 is 2.55 bits per heavy atom. The number of nitrogens with zero attached hydrogens (tertiary/aromatic N) is 1. The molecule has 3 rings (SSSR count). The van der Waals surface area contributed by atoms with Crippen LogP contribution in [0.25, 0.3) is 0 Å². The number of aromatic hydroxyl groups is 1. The number of phenols is 1. The predicted octanol–water partition coefficient (Wildman–Crippen LogP) is 3.60. The third-order valence-electron chi connectivity index (χ3n) is 5.24. The fourth-order valence-electron chi connectivity index (χ4n) is 3.52. The van der Waals surface area contributed by atoms with E-state index in [1.165, 1.54) is 12.1 Å². The minimum atomic E-state index is -4.74. The molecule has 2 amide bonds. The van der Waals surface area contributed by atoms with E-state index in [-0.39, 0.29) is 28.5 Å².